The van der Waals surface area contributed by atoms with Crippen LogP contribution in [-0.4, -0.2) is 5.78 Å². The summed E-state index contributed by atoms with van der Waals surface area (Å²) in [5, 5.41) is 0. The topological polar surface area (TPSA) is 17.1 Å². The summed E-state index contributed by atoms with van der Waals surface area (Å²) in [6.45, 7) is 7.72. The third kappa shape index (κ3) is 4.30. The van der Waals surface area contributed by atoms with Crippen molar-refractivity contribution in [1.82, 2.24) is 0 Å². The van der Waals surface area contributed by atoms with Gasteiger partial charge in [0.1, 0.15) is 0 Å². The molecule has 0 N–H and O–H groups in total. The van der Waals surface area contributed by atoms with Gasteiger partial charge in [0.05, 0.1) is 0 Å². The predicted molar refractivity (Wildman–Crippen MR) is 43.9 cm³/mol. The first-order chi connectivity index (χ1) is 4.70. The van der Waals surface area contributed by atoms with Gasteiger partial charge in [0.2, 0.25) is 0 Å². The van der Waals surface area contributed by atoms with Crippen molar-refractivity contribution in [2.24, 2.45) is 5.92 Å². The minimum Gasteiger partial charge on any atom is -0.295 e. The molecule has 0 fully saturated rings. The summed E-state index contributed by atoms with van der Waals surface area (Å²) >= 11 is 0. The molecular formula is C9H16O. The van der Waals surface area contributed by atoms with Crippen molar-refractivity contribution >= 4 is 5.78 Å². The van der Waals surface area contributed by atoms with Gasteiger partial charge >= 0.3 is 0 Å². The van der Waals surface area contributed by atoms with Crippen molar-refractivity contribution < 1.29 is 4.79 Å². The van der Waals surface area contributed by atoms with Crippen LogP contribution in [0.1, 0.15) is 33.1 Å². The molecule has 10 heavy (non-hydrogen) atoms. The van der Waals surface area contributed by atoms with E-state index in [1.807, 2.05) is 0 Å². The Morgan fingerprint density at radius 2 is 2.30 bits per heavy atom. The van der Waals surface area contributed by atoms with Crippen LogP contribution in [0, 0.1) is 5.92 Å². The molecule has 58 valence electrons. The molecule has 0 aliphatic carbocycles. The normalized spacial score (nSPS) is 12.6. The number of rotatable bonds is 5. The van der Waals surface area contributed by atoms with Crippen LogP contribution >= 0.6 is 0 Å². The van der Waals surface area contributed by atoms with Crippen LogP contribution in [0.5, 0.6) is 0 Å². The SMILES string of the molecule is C=CC(=O)CCC(C)CC. The van der Waals surface area contributed by atoms with Crippen LogP contribution in [0.3, 0.4) is 0 Å². The van der Waals surface area contributed by atoms with E-state index in [1.165, 1.54) is 6.08 Å². The molecule has 0 amide bonds. The van der Waals surface area contributed by atoms with E-state index < -0.39 is 0 Å². The third-order valence-electron chi connectivity index (χ3n) is 1.81. The van der Waals surface area contributed by atoms with Gasteiger partial charge in [0, 0.05) is 6.42 Å². The quantitative estimate of drug-likeness (QED) is 0.536. The molecule has 0 aliphatic rings. The lowest BCUT2D eigenvalue weighted by Crippen LogP contribution is -1.97. The summed E-state index contributed by atoms with van der Waals surface area (Å²) in [4.78, 5) is 10.7. The van der Waals surface area contributed by atoms with E-state index in [1.54, 1.807) is 0 Å². The van der Waals surface area contributed by atoms with Crippen LogP contribution < -0.4 is 0 Å². The molecule has 0 spiro atoms. The molecule has 0 bridgehead atoms. The zero-order valence-corrected chi connectivity index (χ0v) is 6.89. The zero-order valence-electron chi connectivity index (χ0n) is 6.89. The second-order valence-corrected chi connectivity index (χ2v) is 2.72. The Hall–Kier alpha value is -0.590. The molecule has 0 rings (SSSR count). The number of allylic oxidation sites excluding steroid dienone is 1. The van der Waals surface area contributed by atoms with E-state index in [0.717, 1.165) is 12.8 Å². The average Bonchev–Trinajstić information content (AvgIpc) is 1.99. The summed E-state index contributed by atoms with van der Waals surface area (Å²) in [5.74, 6) is 0.837. The van der Waals surface area contributed by atoms with Gasteiger partial charge in [-0.3, -0.25) is 4.79 Å². The highest BCUT2D eigenvalue weighted by atomic mass is 16.1. The highest BCUT2D eigenvalue weighted by molar-refractivity contribution is 5.88. The van der Waals surface area contributed by atoms with Gasteiger partial charge in [-0.2, -0.15) is 0 Å². The lowest BCUT2D eigenvalue weighted by atomic mass is 10.0. The van der Waals surface area contributed by atoms with Crippen LogP contribution in [0.15, 0.2) is 12.7 Å². The molecule has 0 radical (unpaired) electrons. The first-order valence-electron chi connectivity index (χ1n) is 3.86. The van der Waals surface area contributed by atoms with E-state index in [0.29, 0.717) is 12.3 Å². The first kappa shape index (κ1) is 9.41. The minimum absolute atomic E-state index is 0.167. The van der Waals surface area contributed by atoms with Crippen LogP contribution in [0.4, 0.5) is 0 Å². The number of hydrogen-bond acceptors (Lipinski definition) is 1. The fourth-order valence-electron chi connectivity index (χ4n) is 0.695. The summed E-state index contributed by atoms with van der Waals surface area (Å²) in [7, 11) is 0. The van der Waals surface area contributed by atoms with E-state index in [2.05, 4.69) is 20.4 Å². The maximum atomic E-state index is 10.7. The van der Waals surface area contributed by atoms with Gasteiger partial charge in [-0.05, 0) is 18.4 Å². The lowest BCUT2D eigenvalue weighted by Gasteiger charge is -2.04. The fourth-order valence-corrected chi connectivity index (χ4v) is 0.695. The van der Waals surface area contributed by atoms with E-state index in [4.69, 9.17) is 0 Å². The number of ketones is 1. The molecule has 1 atom stereocenters. The molecule has 0 heterocycles. The van der Waals surface area contributed by atoms with Crippen molar-refractivity contribution in [3.8, 4) is 0 Å². The second kappa shape index (κ2) is 5.21. The van der Waals surface area contributed by atoms with Crippen molar-refractivity contribution in [2.75, 3.05) is 0 Å². The van der Waals surface area contributed by atoms with Gasteiger partial charge in [0.25, 0.3) is 0 Å². The van der Waals surface area contributed by atoms with Crippen molar-refractivity contribution in [3.63, 3.8) is 0 Å². The molecule has 1 nitrogen and oxygen atoms in total. The Bertz CT molecular complexity index is 116. The maximum Gasteiger partial charge on any atom is 0.155 e. The van der Waals surface area contributed by atoms with Gasteiger partial charge in [0.15, 0.2) is 5.78 Å². The van der Waals surface area contributed by atoms with Gasteiger partial charge in [-0.1, -0.05) is 26.8 Å². The second-order valence-electron chi connectivity index (χ2n) is 2.72. The Labute approximate surface area is 63.1 Å². The number of carbonyl (C=O) groups is 1. The maximum absolute atomic E-state index is 10.7. The Morgan fingerprint density at radius 1 is 1.70 bits per heavy atom. The molecule has 0 aromatic carbocycles. The molecule has 1 heteroatoms. The van der Waals surface area contributed by atoms with Crippen LogP contribution in [-0.2, 0) is 4.79 Å². The fraction of sp³-hybridized carbons (Fsp3) is 0.667. The van der Waals surface area contributed by atoms with Crippen molar-refractivity contribution in [3.05, 3.63) is 12.7 Å². The Balaban J connectivity index is 3.34. The zero-order chi connectivity index (χ0) is 7.98. The number of hydrogen-bond donors (Lipinski definition) is 0. The van der Waals surface area contributed by atoms with Gasteiger partial charge < -0.3 is 0 Å². The average molecular weight is 140 g/mol. The molecule has 0 aromatic heterocycles. The first-order valence-corrected chi connectivity index (χ1v) is 3.86. The molecular weight excluding hydrogens is 124 g/mol. The molecule has 0 aliphatic heterocycles. The molecule has 0 saturated heterocycles. The predicted octanol–water partition coefficient (Wildman–Crippen LogP) is 2.57. The summed E-state index contributed by atoms with van der Waals surface area (Å²) in [6, 6.07) is 0. The van der Waals surface area contributed by atoms with E-state index in [-0.39, 0.29) is 5.78 Å². The molecule has 0 saturated carbocycles. The van der Waals surface area contributed by atoms with Gasteiger partial charge in [-0.15, -0.1) is 0 Å². The van der Waals surface area contributed by atoms with Crippen molar-refractivity contribution in [2.45, 2.75) is 33.1 Å². The summed E-state index contributed by atoms with van der Waals surface area (Å²) in [5.41, 5.74) is 0. The lowest BCUT2D eigenvalue weighted by molar-refractivity contribution is -0.114. The van der Waals surface area contributed by atoms with Crippen LogP contribution in [0.2, 0.25) is 0 Å². The third-order valence-corrected chi connectivity index (χ3v) is 1.81. The smallest absolute Gasteiger partial charge is 0.155 e. The van der Waals surface area contributed by atoms with Crippen molar-refractivity contribution in [1.29, 1.82) is 0 Å². The Morgan fingerprint density at radius 3 is 2.70 bits per heavy atom. The molecule has 0 aromatic rings. The van der Waals surface area contributed by atoms with Crippen LogP contribution in [0.25, 0.3) is 0 Å². The van der Waals surface area contributed by atoms with E-state index >= 15 is 0 Å². The monoisotopic (exact) mass is 140 g/mol. The highest BCUT2D eigenvalue weighted by Crippen LogP contribution is 2.09. The Kier molecular flexibility index (Phi) is 4.91. The number of carbonyl (C=O) groups excluding carboxylic acids is 1. The van der Waals surface area contributed by atoms with Gasteiger partial charge in [-0.25, -0.2) is 0 Å². The highest BCUT2D eigenvalue weighted by Gasteiger charge is 2.00. The van der Waals surface area contributed by atoms with E-state index in [9.17, 15) is 4.79 Å². The summed E-state index contributed by atoms with van der Waals surface area (Å²) < 4.78 is 0. The molecule has 1 unspecified atom stereocenters. The minimum atomic E-state index is 0.167. The standard InChI is InChI=1S/C9H16O/c1-4-8(3)6-7-9(10)5-2/h5,8H,2,4,6-7H2,1,3H3. The summed E-state index contributed by atoms with van der Waals surface area (Å²) in [6.07, 6.45) is 4.23. The largest absolute Gasteiger partial charge is 0.295 e.